The molecule has 0 spiro atoms. The second-order valence-electron chi connectivity index (χ2n) is 4.79. The van der Waals surface area contributed by atoms with Gasteiger partial charge in [-0.15, -0.1) is 0 Å². The molecule has 0 radical (unpaired) electrons. The maximum atomic E-state index is 12.3. The molecular weight excluding hydrogens is 270 g/mol. The van der Waals surface area contributed by atoms with Gasteiger partial charge in [0, 0.05) is 18.3 Å². The second kappa shape index (κ2) is 5.70. The zero-order chi connectivity index (χ0) is 14.8. The van der Waals surface area contributed by atoms with Crippen molar-refractivity contribution in [2.75, 3.05) is 6.54 Å². The van der Waals surface area contributed by atoms with Crippen LogP contribution in [0.15, 0.2) is 17.6 Å². The van der Waals surface area contributed by atoms with Crippen molar-refractivity contribution in [2.45, 2.75) is 44.8 Å². The highest BCUT2D eigenvalue weighted by atomic mass is 32.2. The smallest absolute Gasteiger partial charge is 0.318 e. The monoisotopic (exact) mass is 289 g/mol. The predicted octanol–water partition coefficient (Wildman–Crippen LogP) is 0.948. The van der Waals surface area contributed by atoms with Crippen LogP contribution in [0.1, 0.15) is 33.7 Å². The summed E-state index contributed by atoms with van der Waals surface area (Å²) >= 11 is 0. The van der Waals surface area contributed by atoms with Crippen LogP contribution in [0.3, 0.4) is 0 Å². The molecule has 0 aliphatic heterocycles. The zero-order valence-corrected chi connectivity index (χ0v) is 12.3. The third kappa shape index (κ3) is 3.54. The Bertz CT molecular complexity index is 548. The number of aromatic nitrogens is 2. The Balaban J connectivity index is 3.15. The number of imidazole rings is 1. The van der Waals surface area contributed by atoms with E-state index in [1.54, 1.807) is 18.4 Å². The Kier molecular flexibility index (Phi) is 4.70. The van der Waals surface area contributed by atoms with E-state index in [9.17, 15) is 13.2 Å². The number of hydrogen-bond donors (Lipinski definition) is 1. The molecule has 0 saturated heterocycles. The van der Waals surface area contributed by atoms with Gasteiger partial charge in [-0.05, 0) is 27.7 Å². The summed E-state index contributed by atoms with van der Waals surface area (Å²) in [6, 6.07) is -0.367. The van der Waals surface area contributed by atoms with Crippen molar-refractivity contribution in [3.8, 4) is 0 Å². The van der Waals surface area contributed by atoms with Crippen molar-refractivity contribution in [2.24, 2.45) is 0 Å². The number of rotatable bonds is 6. The lowest BCUT2D eigenvalue weighted by molar-refractivity contribution is -0.137. The molecule has 0 aliphatic carbocycles. The first-order valence-electron chi connectivity index (χ1n) is 5.93. The van der Waals surface area contributed by atoms with Crippen molar-refractivity contribution in [1.29, 1.82) is 0 Å². The molecule has 108 valence electrons. The molecule has 7 nitrogen and oxygen atoms in total. The highest BCUT2D eigenvalue weighted by Gasteiger charge is 2.30. The molecule has 1 heterocycles. The molecule has 0 atom stereocenters. The van der Waals surface area contributed by atoms with Crippen LogP contribution in [0.5, 0.6) is 0 Å². The fourth-order valence-electron chi connectivity index (χ4n) is 1.53. The first kappa shape index (κ1) is 15.6. The van der Waals surface area contributed by atoms with E-state index >= 15 is 0 Å². The summed E-state index contributed by atoms with van der Waals surface area (Å²) in [4.78, 5) is 14.6. The minimum absolute atomic E-state index is 0.0865. The Morgan fingerprint density at radius 2 is 2.00 bits per heavy atom. The molecule has 1 rings (SSSR count). The molecule has 0 aromatic carbocycles. The Morgan fingerprint density at radius 3 is 2.37 bits per heavy atom. The number of carboxylic acid groups (broad SMARTS) is 1. The number of aliphatic carboxylic acids is 1. The minimum Gasteiger partial charge on any atom is -0.480 e. The van der Waals surface area contributed by atoms with Gasteiger partial charge in [0.05, 0.1) is 6.33 Å². The van der Waals surface area contributed by atoms with E-state index in [-0.39, 0.29) is 11.1 Å². The molecule has 1 N–H and O–H groups in total. The third-order valence-electron chi connectivity index (χ3n) is 2.61. The Labute approximate surface area is 112 Å². The van der Waals surface area contributed by atoms with E-state index < -0.39 is 28.6 Å². The standard InChI is InChI=1S/C11H19N3O4S/c1-8(2)13-5-10(12-7-13)19(17,18)14(9(3)4)6-11(15)16/h5,7-9H,6H2,1-4H3,(H,15,16). The Morgan fingerprint density at radius 1 is 1.42 bits per heavy atom. The van der Waals surface area contributed by atoms with Crippen LogP contribution in [0.2, 0.25) is 0 Å². The normalized spacial score (nSPS) is 12.6. The fourth-order valence-corrected chi connectivity index (χ4v) is 3.04. The predicted molar refractivity (Wildman–Crippen MR) is 69.3 cm³/mol. The van der Waals surface area contributed by atoms with Crippen LogP contribution < -0.4 is 0 Å². The highest BCUT2D eigenvalue weighted by Crippen LogP contribution is 2.17. The molecule has 1 aromatic heterocycles. The average molecular weight is 289 g/mol. The maximum Gasteiger partial charge on any atom is 0.318 e. The zero-order valence-electron chi connectivity index (χ0n) is 11.4. The van der Waals surface area contributed by atoms with Gasteiger partial charge in [-0.2, -0.15) is 4.31 Å². The maximum absolute atomic E-state index is 12.3. The summed E-state index contributed by atoms with van der Waals surface area (Å²) in [6.45, 7) is 6.47. The molecule has 0 unspecified atom stereocenters. The van der Waals surface area contributed by atoms with Crippen molar-refractivity contribution >= 4 is 16.0 Å². The van der Waals surface area contributed by atoms with Crippen molar-refractivity contribution in [3.05, 3.63) is 12.5 Å². The van der Waals surface area contributed by atoms with E-state index in [2.05, 4.69) is 4.98 Å². The average Bonchev–Trinajstić information content (AvgIpc) is 2.74. The number of sulfonamides is 1. The molecule has 0 aliphatic rings. The second-order valence-corrected chi connectivity index (χ2v) is 6.63. The summed E-state index contributed by atoms with van der Waals surface area (Å²) in [5.74, 6) is -1.19. The van der Waals surface area contributed by atoms with Gasteiger partial charge in [-0.25, -0.2) is 13.4 Å². The van der Waals surface area contributed by atoms with Gasteiger partial charge >= 0.3 is 5.97 Å². The van der Waals surface area contributed by atoms with Crippen LogP contribution in [0.4, 0.5) is 0 Å². The number of hydrogen-bond acceptors (Lipinski definition) is 4. The van der Waals surface area contributed by atoms with E-state index in [0.717, 1.165) is 4.31 Å². The highest BCUT2D eigenvalue weighted by molar-refractivity contribution is 7.89. The third-order valence-corrected chi connectivity index (χ3v) is 4.52. The lowest BCUT2D eigenvalue weighted by Crippen LogP contribution is -2.40. The summed E-state index contributed by atoms with van der Waals surface area (Å²) in [5, 5.41) is 8.68. The van der Waals surface area contributed by atoms with E-state index in [0.29, 0.717) is 0 Å². The molecule has 8 heteroatoms. The van der Waals surface area contributed by atoms with E-state index in [4.69, 9.17) is 5.11 Å². The van der Waals surface area contributed by atoms with Crippen molar-refractivity contribution in [3.63, 3.8) is 0 Å². The number of nitrogens with zero attached hydrogens (tertiary/aromatic N) is 3. The van der Waals surface area contributed by atoms with Crippen LogP contribution in [-0.4, -0.2) is 45.9 Å². The lowest BCUT2D eigenvalue weighted by Gasteiger charge is -2.22. The van der Waals surface area contributed by atoms with Gasteiger partial charge in [-0.3, -0.25) is 4.79 Å². The fraction of sp³-hybridized carbons (Fsp3) is 0.636. The molecule has 1 aromatic rings. The molecule has 0 fully saturated rings. The van der Waals surface area contributed by atoms with Gasteiger partial charge in [0.25, 0.3) is 10.0 Å². The number of carbonyl (C=O) groups is 1. The van der Waals surface area contributed by atoms with Crippen LogP contribution in [0.25, 0.3) is 0 Å². The molecule has 0 saturated carbocycles. The first-order valence-corrected chi connectivity index (χ1v) is 7.37. The first-order chi connectivity index (χ1) is 8.66. The van der Waals surface area contributed by atoms with Gasteiger partial charge in [0.2, 0.25) is 0 Å². The number of carboxylic acids is 1. The summed E-state index contributed by atoms with van der Waals surface area (Å²) in [6.07, 6.45) is 2.84. The van der Waals surface area contributed by atoms with Crippen molar-refractivity contribution in [1.82, 2.24) is 13.9 Å². The molecule has 19 heavy (non-hydrogen) atoms. The van der Waals surface area contributed by atoms with Crippen LogP contribution >= 0.6 is 0 Å². The largest absolute Gasteiger partial charge is 0.480 e. The van der Waals surface area contributed by atoms with E-state index in [1.807, 2.05) is 13.8 Å². The van der Waals surface area contributed by atoms with E-state index in [1.165, 1.54) is 12.5 Å². The molecular formula is C11H19N3O4S. The van der Waals surface area contributed by atoms with Crippen LogP contribution in [-0.2, 0) is 14.8 Å². The van der Waals surface area contributed by atoms with Crippen LogP contribution in [0, 0.1) is 0 Å². The quantitative estimate of drug-likeness (QED) is 0.841. The Hall–Kier alpha value is -1.41. The molecule has 0 bridgehead atoms. The topological polar surface area (TPSA) is 92.5 Å². The summed E-state index contributed by atoms with van der Waals surface area (Å²) in [7, 11) is -3.89. The van der Waals surface area contributed by atoms with Crippen molar-refractivity contribution < 1.29 is 18.3 Å². The summed E-state index contributed by atoms with van der Waals surface area (Å²) in [5.41, 5.74) is 0. The van der Waals surface area contributed by atoms with Gasteiger partial charge < -0.3 is 9.67 Å². The van der Waals surface area contributed by atoms with Gasteiger partial charge in [0.1, 0.15) is 6.54 Å². The SMILES string of the molecule is CC(C)N(CC(=O)O)S(=O)(=O)c1cn(C(C)C)cn1. The van der Waals surface area contributed by atoms with Gasteiger partial charge in [-0.1, -0.05) is 0 Å². The van der Waals surface area contributed by atoms with Gasteiger partial charge in [0.15, 0.2) is 5.03 Å². The lowest BCUT2D eigenvalue weighted by atomic mass is 10.4. The summed E-state index contributed by atoms with van der Waals surface area (Å²) < 4.78 is 27.2. The minimum atomic E-state index is -3.89. The molecule has 0 amide bonds.